The van der Waals surface area contributed by atoms with Gasteiger partial charge in [-0.3, -0.25) is 4.98 Å². The Morgan fingerprint density at radius 2 is 2.36 bits per heavy atom. The van der Waals surface area contributed by atoms with Gasteiger partial charge < -0.3 is 0 Å². The summed E-state index contributed by atoms with van der Waals surface area (Å²) in [5.41, 5.74) is 0.742. The van der Waals surface area contributed by atoms with Gasteiger partial charge in [0, 0.05) is 0 Å². The van der Waals surface area contributed by atoms with Gasteiger partial charge in [0.05, 0.1) is 12.4 Å². The zero-order chi connectivity index (χ0) is 7.52. The maximum Gasteiger partial charge on any atom is 0.163 e. The Morgan fingerprint density at radius 1 is 1.36 bits per heavy atom. The summed E-state index contributed by atoms with van der Waals surface area (Å²) in [6.45, 7) is 0. The Morgan fingerprint density at radius 3 is 3.00 bits per heavy atom. The van der Waals surface area contributed by atoms with E-state index in [1.54, 1.807) is 6.20 Å². The Balaban J connectivity index is 2.46. The molecular weight excluding hydrogens is 160 g/mol. The molecule has 2 rings (SSSR count). The zero-order valence-electron chi connectivity index (χ0n) is 5.43. The first-order chi connectivity index (χ1) is 5.47. The monoisotopic (exact) mass is 163 g/mol. The summed E-state index contributed by atoms with van der Waals surface area (Å²) in [7, 11) is 0. The Labute approximate surface area is 67.1 Å². The van der Waals surface area contributed by atoms with Gasteiger partial charge in [-0.25, -0.2) is 9.97 Å². The molecule has 0 saturated carbocycles. The van der Waals surface area contributed by atoms with Crippen molar-refractivity contribution in [3.8, 4) is 10.7 Å². The molecule has 0 atom stereocenters. The summed E-state index contributed by atoms with van der Waals surface area (Å²) in [6, 6.07) is 0. The smallest absolute Gasteiger partial charge is 0.163 e. The first kappa shape index (κ1) is 6.36. The van der Waals surface area contributed by atoms with Crippen LogP contribution >= 0.6 is 11.5 Å². The summed E-state index contributed by atoms with van der Waals surface area (Å²) >= 11 is 1.30. The van der Waals surface area contributed by atoms with Crippen LogP contribution in [0.4, 0.5) is 0 Å². The molecule has 2 aromatic heterocycles. The topological polar surface area (TPSA) is 51.6 Å². The molecule has 0 aliphatic rings. The molecule has 11 heavy (non-hydrogen) atoms. The van der Waals surface area contributed by atoms with Gasteiger partial charge >= 0.3 is 0 Å². The summed E-state index contributed by atoms with van der Waals surface area (Å²) < 4.78 is 3.85. The predicted molar refractivity (Wildman–Crippen MR) is 39.8 cm³/mol. The summed E-state index contributed by atoms with van der Waals surface area (Å²) in [4.78, 5) is 11.8. The minimum absolute atomic E-state index is 0.742. The molecule has 2 aromatic rings. The van der Waals surface area contributed by atoms with Crippen LogP contribution in [0.3, 0.4) is 0 Å². The molecule has 53 valence electrons. The van der Waals surface area contributed by atoms with Gasteiger partial charge in [-0.1, -0.05) is 0 Å². The zero-order valence-corrected chi connectivity index (χ0v) is 6.25. The van der Waals surface area contributed by atoms with Gasteiger partial charge in [-0.05, 0) is 11.5 Å². The normalized spacial score (nSPS) is 9.82. The molecule has 0 aliphatic heterocycles. The minimum atomic E-state index is 0.742. The molecule has 0 fully saturated rings. The molecule has 0 amide bonds. The molecule has 0 aromatic carbocycles. The van der Waals surface area contributed by atoms with Gasteiger partial charge in [-0.2, -0.15) is 4.37 Å². The molecule has 0 aliphatic carbocycles. The molecule has 5 heteroatoms. The van der Waals surface area contributed by atoms with Crippen molar-refractivity contribution in [1.29, 1.82) is 0 Å². The van der Waals surface area contributed by atoms with Crippen LogP contribution in [0.25, 0.3) is 10.7 Å². The molecule has 0 spiro atoms. The first-order valence-electron chi connectivity index (χ1n) is 2.92. The van der Waals surface area contributed by atoms with Crippen LogP contribution < -0.4 is 0 Å². The molecule has 0 bridgehead atoms. The predicted octanol–water partition coefficient (Wildman–Crippen LogP) is 0.795. The average Bonchev–Trinajstić information content (AvgIpc) is 2.58. The van der Waals surface area contributed by atoms with E-state index >= 15 is 0 Å². The van der Waals surface area contributed by atoms with E-state index in [0.29, 0.717) is 0 Å². The van der Waals surface area contributed by atoms with Crippen LogP contribution in [0.15, 0.2) is 18.7 Å². The highest BCUT2D eigenvalue weighted by Crippen LogP contribution is 2.14. The first-order valence-corrected chi connectivity index (χ1v) is 3.69. The van der Waals surface area contributed by atoms with E-state index in [-0.39, 0.29) is 0 Å². The largest absolute Gasteiger partial charge is 0.251 e. The molecular formula is C6H3N4S. The van der Waals surface area contributed by atoms with Crippen LogP contribution in [-0.4, -0.2) is 19.3 Å². The molecule has 1 radical (unpaired) electrons. The van der Waals surface area contributed by atoms with Crippen molar-refractivity contribution >= 4 is 11.5 Å². The summed E-state index contributed by atoms with van der Waals surface area (Å²) in [5, 5.41) is 0.784. The lowest BCUT2D eigenvalue weighted by Gasteiger charge is -1.88. The number of aromatic nitrogens is 4. The molecule has 4 nitrogen and oxygen atoms in total. The van der Waals surface area contributed by atoms with E-state index in [4.69, 9.17) is 0 Å². The third-order valence-electron chi connectivity index (χ3n) is 1.10. The van der Waals surface area contributed by atoms with E-state index < -0.39 is 0 Å². The maximum atomic E-state index is 4.01. The molecule has 2 heterocycles. The summed E-state index contributed by atoms with van der Waals surface area (Å²) in [6.07, 6.45) is 7.21. The minimum Gasteiger partial charge on any atom is -0.251 e. The lowest BCUT2D eigenvalue weighted by molar-refractivity contribution is 1.18. The fraction of sp³-hybridized carbons (Fsp3) is 0. The standard InChI is InChI=1S/C6H3N4S/c1-2-8-5(3-7-1)6-9-4-10-11-6/h2-4H. The Kier molecular flexibility index (Phi) is 1.57. The third kappa shape index (κ3) is 1.22. The van der Waals surface area contributed by atoms with Gasteiger partial charge in [0.25, 0.3) is 0 Å². The quantitative estimate of drug-likeness (QED) is 0.623. The highest BCUT2D eigenvalue weighted by Gasteiger charge is 2.00. The van der Waals surface area contributed by atoms with Crippen LogP contribution in [0, 0.1) is 6.20 Å². The number of hydrogen-bond donors (Lipinski definition) is 0. The number of nitrogens with zero attached hydrogens (tertiary/aromatic N) is 4. The SMILES string of the molecule is [c]1cnc(-c2ncns2)cn1. The van der Waals surface area contributed by atoms with Gasteiger partial charge in [0.1, 0.15) is 18.2 Å². The van der Waals surface area contributed by atoms with Crippen LogP contribution in [0.1, 0.15) is 0 Å². The lowest BCUT2D eigenvalue weighted by atomic mass is 10.5. The fourth-order valence-corrected chi connectivity index (χ4v) is 1.15. The number of rotatable bonds is 1. The van der Waals surface area contributed by atoms with Crippen molar-refractivity contribution in [2.75, 3.05) is 0 Å². The van der Waals surface area contributed by atoms with Crippen molar-refractivity contribution in [1.82, 2.24) is 19.3 Å². The molecule has 0 saturated heterocycles. The Bertz CT molecular complexity index is 318. The van der Waals surface area contributed by atoms with Gasteiger partial charge in [-0.15, -0.1) is 0 Å². The van der Waals surface area contributed by atoms with E-state index in [2.05, 4.69) is 25.5 Å². The van der Waals surface area contributed by atoms with Crippen LogP contribution in [-0.2, 0) is 0 Å². The summed E-state index contributed by atoms with van der Waals surface area (Å²) in [5.74, 6) is 0. The van der Waals surface area contributed by atoms with E-state index in [1.165, 1.54) is 24.1 Å². The average molecular weight is 163 g/mol. The van der Waals surface area contributed by atoms with Crippen molar-refractivity contribution < 1.29 is 0 Å². The van der Waals surface area contributed by atoms with E-state index in [9.17, 15) is 0 Å². The third-order valence-corrected chi connectivity index (χ3v) is 1.79. The van der Waals surface area contributed by atoms with Crippen molar-refractivity contribution in [2.24, 2.45) is 0 Å². The second kappa shape index (κ2) is 2.71. The van der Waals surface area contributed by atoms with Crippen LogP contribution in [0.2, 0.25) is 0 Å². The second-order valence-electron chi connectivity index (χ2n) is 1.78. The molecule has 0 N–H and O–H groups in total. The van der Waals surface area contributed by atoms with Crippen molar-refractivity contribution in [3.63, 3.8) is 0 Å². The highest BCUT2D eigenvalue weighted by atomic mass is 32.1. The van der Waals surface area contributed by atoms with Crippen LogP contribution in [0.5, 0.6) is 0 Å². The Hall–Kier alpha value is -1.36. The highest BCUT2D eigenvalue weighted by molar-refractivity contribution is 7.08. The molecule has 0 unspecified atom stereocenters. The van der Waals surface area contributed by atoms with Crippen molar-refractivity contribution in [3.05, 3.63) is 24.9 Å². The maximum absolute atomic E-state index is 4.01. The van der Waals surface area contributed by atoms with Gasteiger partial charge in [0.2, 0.25) is 0 Å². The second-order valence-corrected chi connectivity index (χ2v) is 2.56. The van der Waals surface area contributed by atoms with E-state index in [1.807, 2.05) is 0 Å². The lowest BCUT2D eigenvalue weighted by Crippen LogP contribution is -1.81. The fourth-order valence-electron chi connectivity index (χ4n) is 0.660. The van der Waals surface area contributed by atoms with E-state index in [0.717, 1.165) is 10.7 Å². The van der Waals surface area contributed by atoms with Gasteiger partial charge in [0.15, 0.2) is 5.01 Å². The van der Waals surface area contributed by atoms with Crippen molar-refractivity contribution in [2.45, 2.75) is 0 Å². The number of hydrogen-bond acceptors (Lipinski definition) is 5.